The molecule has 0 N–H and O–H groups in total. The van der Waals surface area contributed by atoms with Crippen LogP contribution in [0.1, 0.15) is 45.4 Å². The van der Waals surface area contributed by atoms with Gasteiger partial charge >= 0.3 is 0 Å². The fourth-order valence-corrected chi connectivity index (χ4v) is 3.07. The Bertz CT molecular complexity index is 209. The molecule has 0 heterocycles. The van der Waals surface area contributed by atoms with Crippen LogP contribution in [0.15, 0.2) is 24.3 Å². The molecule has 1 heteroatoms. The third kappa shape index (κ3) is 5.79. The highest BCUT2D eigenvalue weighted by atomic mass is 32.2. The monoisotopic (exact) mass is 238 g/mol. The van der Waals surface area contributed by atoms with E-state index in [4.69, 9.17) is 0 Å². The lowest BCUT2D eigenvalue weighted by atomic mass is 9.79. The van der Waals surface area contributed by atoms with Gasteiger partial charge in [-0.15, -0.1) is 0 Å². The van der Waals surface area contributed by atoms with Crippen molar-refractivity contribution in [2.24, 2.45) is 11.8 Å². The van der Waals surface area contributed by atoms with Crippen LogP contribution >= 0.6 is 11.8 Å². The summed E-state index contributed by atoms with van der Waals surface area (Å²) in [5, 5.41) is 0. The third-order valence-corrected chi connectivity index (χ3v) is 4.25. The van der Waals surface area contributed by atoms with Crippen LogP contribution < -0.4 is 0 Å². The SMILES string of the molecule is C/C=C\C=C/CC1CCC(CCSC)CC1. The summed E-state index contributed by atoms with van der Waals surface area (Å²) in [4.78, 5) is 0. The topological polar surface area (TPSA) is 0 Å². The lowest BCUT2D eigenvalue weighted by Gasteiger charge is -2.27. The standard InChI is InChI=1S/C15H26S/c1-3-4-5-6-7-14-8-10-15(11-9-14)12-13-16-2/h3-6,14-15H,7-13H2,1-2H3/b4-3-,6-5-. The molecular formula is C15H26S. The van der Waals surface area contributed by atoms with Gasteiger partial charge in [-0.2, -0.15) is 11.8 Å². The summed E-state index contributed by atoms with van der Waals surface area (Å²) in [5.74, 6) is 3.35. The Balaban J connectivity index is 2.11. The van der Waals surface area contributed by atoms with E-state index >= 15 is 0 Å². The van der Waals surface area contributed by atoms with Crippen LogP contribution in [0.2, 0.25) is 0 Å². The minimum Gasteiger partial charge on any atom is -0.165 e. The van der Waals surface area contributed by atoms with Crippen LogP contribution in [-0.2, 0) is 0 Å². The molecule has 0 bridgehead atoms. The maximum Gasteiger partial charge on any atom is -0.00677 e. The summed E-state index contributed by atoms with van der Waals surface area (Å²) < 4.78 is 0. The average Bonchev–Trinajstić information content (AvgIpc) is 2.33. The first kappa shape index (κ1) is 13.9. The predicted molar refractivity (Wildman–Crippen MR) is 77.0 cm³/mol. The van der Waals surface area contributed by atoms with Crippen LogP contribution in [0.25, 0.3) is 0 Å². The van der Waals surface area contributed by atoms with Gasteiger partial charge in [0, 0.05) is 0 Å². The van der Waals surface area contributed by atoms with Gasteiger partial charge in [-0.25, -0.2) is 0 Å². The second kappa shape index (κ2) is 8.92. The van der Waals surface area contributed by atoms with E-state index in [1.165, 1.54) is 44.3 Å². The van der Waals surface area contributed by atoms with Gasteiger partial charge in [0.1, 0.15) is 0 Å². The Morgan fingerprint density at radius 1 is 1.06 bits per heavy atom. The summed E-state index contributed by atoms with van der Waals surface area (Å²) in [7, 11) is 0. The quantitative estimate of drug-likeness (QED) is 0.582. The first-order chi connectivity index (χ1) is 7.86. The van der Waals surface area contributed by atoms with E-state index in [2.05, 4.69) is 37.5 Å². The fraction of sp³-hybridized carbons (Fsp3) is 0.733. The van der Waals surface area contributed by atoms with Gasteiger partial charge in [0.15, 0.2) is 0 Å². The molecular weight excluding hydrogens is 212 g/mol. The molecule has 92 valence electrons. The van der Waals surface area contributed by atoms with Crippen molar-refractivity contribution in [2.45, 2.75) is 45.4 Å². The van der Waals surface area contributed by atoms with Crippen molar-refractivity contribution < 1.29 is 0 Å². The van der Waals surface area contributed by atoms with Crippen LogP contribution in [0.4, 0.5) is 0 Å². The smallest absolute Gasteiger partial charge is 0.00677 e. The number of thioether (sulfide) groups is 1. The molecule has 0 atom stereocenters. The molecule has 0 saturated heterocycles. The van der Waals surface area contributed by atoms with Crippen molar-refractivity contribution in [1.29, 1.82) is 0 Å². The van der Waals surface area contributed by atoms with Gasteiger partial charge in [-0.1, -0.05) is 37.1 Å². The van der Waals surface area contributed by atoms with E-state index < -0.39 is 0 Å². The molecule has 1 aliphatic rings. The highest BCUT2D eigenvalue weighted by molar-refractivity contribution is 7.98. The highest BCUT2D eigenvalue weighted by Crippen LogP contribution is 2.33. The maximum absolute atomic E-state index is 2.34. The van der Waals surface area contributed by atoms with Gasteiger partial charge in [0.2, 0.25) is 0 Å². The molecule has 1 rings (SSSR count). The molecule has 0 aromatic carbocycles. The maximum atomic E-state index is 2.34. The minimum absolute atomic E-state index is 0.965. The van der Waals surface area contributed by atoms with Gasteiger partial charge in [-0.05, 0) is 56.5 Å². The van der Waals surface area contributed by atoms with E-state index in [9.17, 15) is 0 Å². The van der Waals surface area contributed by atoms with E-state index in [-0.39, 0.29) is 0 Å². The first-order valence-electron chi connectivity index (χ1n) is 6.63. The lowest BCUT2D eigenvalue weighted by molar-refractivity contribution is 0.272. The number of allylic oxidation sites excluding steroid dienone is 4. The summed E-state index contributed by atoms with van der Waals surface area (Å²) >= 11 is 2.00. The van der Waals surface area contributed by atoms with Crippen molar-refractivity contribution in [3.63, 3.8) is 0 Å². The molecule has 0 aliphatic heterocycles. The van der Waals surface area contributed by atoms with Gasteiger partial charge in [-0.3, -0.25) is 0 Å². The van der Waals surface area contributed by atoms with Crippen molar-refractivity contribution in [1.82, 2.24) is 0 Å². The van der Waals surface area contributed by atoms with Crippen LogP contribution in [-0.4, -0.2) is 12.0 Å². The van der Waals surface area contributed by atoms with Crippen molar-refractivity contribution in [2.75, 3.05) is 12.0 Å². The molecule has 1 aliphatic carbocycles. The summed E-state index contributed by atoms with van der Waals surface area (Å²) in [6.45, 7) is 2.07. The molecule has 0 spiro atoms. The van der Waals surface area contributed by atoms with Gasteiger partial charge < -0.3 is 0 Å². The second-order valence-electron chi connectivity index (χ2n) is 4.86. The molecule has 1 saturated carbocycles. The minimum atomic E-state index is 0.965. The lowest BCUT2D eigenvalue weighted by Crippen LogP contribution is -2.14. The molecule has 16 heavy (non-hydrogen) atoms. The van der Waals surface area contributed by atoms with Crippen molar-refractivity contribution in [3.05, 3.63) is 24.3 Å². The second-order valence-corrected chi connectivity index (χ2v) is 5.84. The molecule has 0 aromatic heterocycles. The van der Waals surface area contributed by atoms with E-state index in [1.807, 2.05) is 11.8 Å². The van der Waals surface area contributed by atoms with Crippen LogP contribution in [0, 0.1) is 11.8 Å². The largest absolute Gasteiger partial charge is 0.165 e. The molecule has 0 aromatic rings. The third-order valence-electron chi connectivity index (χ3n) is 3.61. The fourth-order valence-electron chi connectivity index (χ4n) is 2.50. The van der Waals surface area contributed by atoms with Gasteiger partial charge in [0.25, 0.3) is 0 Å². The zero-order valence-electron chi connectivity index (χ0n) is 10.8. The zero-order chi connectivity index (χ0) is 11.6. The predicted octanol–water partition coefficient (Wildman–Crippen LogP) is 5.07. The summed E-state index contributed by atoms with van der Waals surface area (Å²) in [6, 6.07) is 0. The van der Waals surface area contributed by atoms with E-state index in [1.54, 1.807) is 0 Å². The Hall–Kier alpha value is -0.170. The average molecular weight is 238 g/mol. The molecule has 0 unspecified atom stereocenters. The van der Waals surface area contributed by atoms with E-state index in [0.29, 0.717) is 0 Å². The van der Waals surface area contributed by atoms with E-state index in [0.717, 1.165) is 11.8 Å². The van der Waals surface area contributed by atoms with Crippen molar-refractivity contribution in [3.8, 4) is 0 Å². The number of hydrogen-bond acceptors (Lipinski definition) is 1. The summed E-state index contributed by atoms with van der Waals surface area (Å²) in [6.07, 6.45) is 19.6. The molecule has 0 amide bonds. The normalized spacial score (nSPS) is 26.9. The number of hydrogen-bond donors (Lipinski definition) is 0. The Kier molecular flexibility index (Phi) is 7.75. The Labute approximate surface area is 106 Å². The number of rotatable bonds is 6. The van der Waals surface area contributed by atoms with Crippen molar-refractivity contribution >= 4 is 11.8 Å². The van der Waals surface area contributed by atoms with Crippen LogP contribution in [0.3, 0.4) is 0 Å². The van der Waals surface area contributed by atoms with Gasteiger partial charge in [0.05, 0.1) is 0 Å². The molecule has 0 nitrogen and oxygen atoms in total. The highest BCUT2D eigenvalue weighted by Gasteiger charge is 2.19. The van der Waals surface area contributed by atoms with Crippen LogP contribution in [0.5, 0.6) is 0 Å². The Morgan fingerprint density at radius 2 is 1.75 bits per heavy atom. The molecule has 0 radical (unpaired) electrons. The first-order valence-corrected chi connectivity index (χ1v) is 8.03. The zero-order valence-corrected chi connectivity index (χ0v) is 11.6. The Morgan fingerprint density at radius 3 is 2.38 bits per heavy atom. The molecule has 1 fully saturated rings. The summed E-state index contributed by atoms with van der Waals surface area (Å²) in [5.41, 5.74) is 0.